The number of thiazole rings is 1. The molecule has 0 saturated heterocycles. The highest BCUT2D eigenvalue weighted by Gasteiger charge is 2.40. The van der Waals surface area contributed by atoms with Gasteiger partial charge >= 0.3 is 0 Å². The van der Waals surface area contributed by atoms with Gasteiger partial charge in [-0.1, -0.05) is 18.5 Å². The van der Waals surface area contributed by atoms with Crippen LogP contribution in [0.5, 0.6) is 0 Å². The van der Waals surface area contributed by atoms with Gasteiger partial charge in [-0.2, -0.15) is 0 Å². The molecule has 1 aliphatic rings. The van der Waals surface area contributed by atoms with Crippen LogP contribution in [-0.2, 0) is 0 Å². The molecule has 0 aromatic carbocycles. The number of amides is 1. The molecule has 1 heterocycles. The van der Waals surface area contributed by atoms with Gasteiger partial charge in [0.05, 0.1) is 5.01 Å². The molecule has 1 aliphatic carbocycles. The Labute approximate surface area is 128 Å². The molecule has 1 fully saturated rings. The zero-order valence-electron chi connectivity index (χ0n) is 12.4. The predicted molar refractivity (Wildman–Crippen MR) is 82.7 cm³/mol. The summed E-state index contributed by atoms with van der Waals surface area (Å²) in [5, 5.41) is 17.7. The molecule has 0 spiro atoms. The van der Waals surface area contributed by atoms with Crippen molar-refractivity contribution in [3.05, 3.63) is 16.1 Å². The lowest BCUT2D eigenvalue weighted by Crippen LogP contribution is -2.59. The van der Waals surface area contributed by atoms with E-state index < -0.39 is 5.54 Å². The number of nitrogens with zero attached hydrogens (tertiary/aromatic N) is 2. The lowest BCUT2D eigenvalue weighted by molar-refractivity contribution is 0.0890. The van der Waals surface area contributed by atoms with Crippen LogP contribution in [0.3, 0.4) is 0 Å². The van der Waals surface area contributed by atoms with Crippen molar-refractivity contribution in [2.24, 2.45) is 16.8 Å². The molecule has 1 saturated carbocycles. The molecule has 21 heavy (non-hydrogen) atoms. The SMILES string of the molecule is CCC1CCC(NC(=O)c2csc(C)n2)(C(N)=NO)CC1. The Bertz CT molecular complexity index is 533. The van der Waals surface area contributed by atoms with E-state index in [1.54, 1.807) is 5.38 Å². The maximum Gasteiger partial charge on any atom is 0.271 e. The van der Waals surface area contributed by atoms with Crippen LogP contribution < -0.4 is 11.1 Å². The van der Waals surface area contributed by atoms with E-state index in [9.17, 15) is 4.79 Å². The Morgan fingerprint density at radius 2 is 2.29 bits per heavy atom. The van der Waals surface area contributed by atoms with Crippen molar-refractivity contribution < 1.29 is 10.0 Å². The third-order valence-electron chi connectivity index (χ3n) is 4.34. The van der Waals surface area contributed by atoms with Crippen LogP contribution in [0, 0.1) is 12.8 Å². The van der Waals surface area contributed by atoms with Crippen LogP contribution in [0.15, 0.2) is 10.5 Å². The van der Waals surface area contributed by atoms with E-state index in [0.717, 1.165) is 24.3 Å². The minimum atomic E-state index is -0.755. The van der Waals surface area contributed by atoms with Gasteiger partial charge < -0.3 is 16.3 Å². The number of rotatable bonds is 4. The number of nitrogens with two attached hydrogens (primary N) is 1. The Morgan fingerprint density at radius 1 is 1.62 bits per heavy atom. The number of oxime groups is 1. The van der Waals surface area contributed by atoms with Gasteiger partial charge in [-0.05, 0) is 38.5 Å². The summed E-state index contributed by atoms with van der Waals surface area (Å²) in [7, 11) is 0. The molecule has 6 nitrogen and oxygen atoms in total. The highest BCUT2D eigenvalue weighted by Crippen LogP contribution is 2.34. The fraction of sp³-hybridized carbons (Fsp3) is 0.643. The van der Waals surface area contributed by atoms with Gasteiger partial charge in [0.2, 0.25) is 0 Å². The van der Waals surface area contributed by atoms with Gasteiger partial charge in [-0.15, -0.1) is 11.3 Å². The van der Waals surface area contributed by atoms with Crippen LogP contribution in [0.25, 0.3) is 0 Å². The van der Waals surface area contributed by atoms with E-state index >= 15 is 0 Å². The van der Waals surface area contributed by atoms with E-state index in [2.05, 4.69) is 22.4 Å². The highest BCUT2D eigenvalue weighted by atomic mass is 32.1. The maximum absolute atomic E-state index is 12.3. The van der Waals surface area contributed by atoms with Crippen LogP contribution in [0.4, 0.5) is 0 Å². The minimum Gasteiger partial charge on any atom is -0.409 e. The highest BCUT2D eigenvalue weighted by molar-refractivity contribution is 7.09. The molecule has 0 unspecified atom stereocenters. The number of hydrogen-bond acceptors (Lipinski definition) is 5. The van der Waals surface area contributed by atoms with Crippen molar-refractivity contribution in [2.75, 3.05) is 0 Å². The number of nitrogens with one attached hydrogen (secondary N) is 1. The van der Waals surface area contributed by atoms with Crippen molar-refractivity contribution in [1.29, 1.82) is 0 Å². The van der Waals surface area contributed by atoms with Crippen molar-refractivity contribution in [3.8, 4) is 0 Å². The lowest BCUT2D eigenvalue weighted by atomic mass is 9.75. The van der Waals surface area contributed by atoms with E-state index in [1.807, 2.05) is 6.92 Å². The van der Waals surface area contributed by atoms with Crippen LogP contribution in [0.2, 0.25) is 0 Å². The summed E-state index contributed by atoms with van der Waals surface area (Å²) in [6.45, 7) is 4.02. The number of aryl methyl sites for hydroxylation is 1. The monoisotopic (exact) mass is 310 g/mol. The number of carbonyl (C=O) groups excluding carboxylic acids is 1. The summed E-state index contributed by atoms with van der Waals surface area (Å²) >= 11 is 1.43. The van der Waals surface area contributed by atoms with E-state index in [0.29, 0.717) is 24.5 Å². The van der Waals surface area contributed by atoms with Crippen molar-refractivity contribution in [3.63, 3.8) is 0 Å². The molecule has 1 amide bonds. The summed E-state index contributed by atoms with van der Waals surface area (Å²) in [5.74, 6) is 0.460. The molecule has 0 bridgehead atoms. The van der Waals surface area contributed by atoms with Crippen LogP contribution in [-0.4, -0.2) is 27.5 Å². The maximum atomic E-state index is 12.3. The largest absolute Gasteiger partial charge is 0.409 e. The second kappa shape index (κ2) is 6.43. The van der Waals surface area contributed by atoms with E-state index in [-0.39, 0.29) is 11.7 Å². The zero-order chi connectivity index (χ0) is 15.5. The summed E-state index contributed by atoms with van der Waals surface area (Å²) in [6.07, 6.45) is 4.42. The van der Waals surface area contributed by atoms with Crippen LogP contribution in [0.1, 0.15) is 54.5 Å². The normalized spacial score (nSPS) is 26.6. The van der Waals surface area contributed by atoms with E-state index in [4.69, 9.17) is 10.9 Å². The fourth-order valence-corrected chi connectivity index (χ4v) is 3.46. The molecule has 2 rings (SSSR count). The molecule has 4 N–H and O–H groups in total. The third-order valence-corrected chi connectivity index (χ3v) is 5.11. The van der Waals surface area contributed by atoms with Crippen LogP contribution >= 0.6 is 11.3 Å². The Balaban J connectivity index is 2.16. The number of hydrogen-bond donors (Lipinski definition) is 3. The average Bonchev–Trinajstić information content (AvgIpc) is 2.93. The van der Waals surface area contributed by atoms with Gasteiger partial charge in [0.15, 0.2) is 5.84 Å². The van der Waals surface area contributed by atoms with Gasteiger partial charge in [0.1, 0.15) is 11.2 Å². The molecule has 0 radical (unpaired) electrons. The predicted octanol–water partition coefficient (Wildman–Crippen LogP) is 2.27. The first-order valence-corrected chi connectivity index (χ1v) is 8.11. The zero-order valence-corrected chi connectivity index (χ0v) is 13.2. The van der Waals surface area contributed by atoms with E-state index in [1.165, 1.54) is 11.3 Å². The van der Waals surface area contributed by atoms with Gasteiger partial charge in [-0.3, -0.25) is 4.79 Å². The lowest BCUT2D eigenvalue weighted by Gasteiger charge is -2.39. The Kier molecular flexibility index (Phi) is 4.82. The summed E-state index contributed by atoms with van der Waals surface area (Å²) < 4.78 is 0. The van der Waals surface area contributed by atoms with Gasteiger partial charge in [-0.25, -0.2) is 4.98 Å². The minimum absolute atomic E-state index is 0.0809. The first-order chi connectivity index (χ1) is 10.0. The smallest absolute Gasteiger partial charge is 0.271 e. The second-order valence-corrected chi connectivity index (χ2v) is 6.69. The van der Waals surface area contributed by atoms with Crippen molar-refractivity contribution >= 4 is 23.1 Å². The standard InChI is InChI=1S/C14H22N4O2S/c1-3-10-4-6-14(7-5-10,13(15)18-20)17-12(19)11-8-21-9(2)16-11/h8,10,20H,3-7H2,1-2H3,(H2,15,18)(H,17,19). The molecule has 7 heteroatoms. The first kappa shape index (κ1) is 15.8. The summed E-state index contributed by atoms with van der Waals surface area (Å²) in [4.78, 5) is 16.5. The van der Waals surface area contributed by atoms with Crippen molar-refractivity contribution in [2.45, 2.75) is 51.5 Å². The topological polar surface area (TPSA) is 101 Å². The Morgan fingerprint density at radius 3 is 2.76 bits per heavy atom. The molecule has 116 valence electrons. The third kappa shape index (κ3) is 3.34. The average molecular weight is 310 g/mol. The van der Waals surface area contributed by atoms with Crippen molar-refractivity contribution in [1.82, 2.24) is 10.3 Å². The molecule has 1 aromatic heterocycles. The molecular weight excluding hydrogens is 288 g/mol. The summed E-state index contributed by atoms with van der Waals surface area (Å²) in [6, 6.07) is 0. The number of carbonyl (C=O) groups is 1. The van der Waals surface area contributed by atoms with Gasteiger partial charge in [0.25, 0.3) is 5.91 Å². The molecule has 0 atom stereocenters. The summed E-state index contributed by atoms with van der Waals surface area (Å²) in [5.41, 5.74) is 5.50. The van der Waals surface area contributed by atoms with Gasteiger partial charge in [0, 0.05) is 5.38 Å². The first-order valence-electron chi connectivity index (χ1n) is 7.23. The quantitative estimate of drug-likeness (QED) is 0.344. The molecule has 0 aliphatic heterocycles. The fourth-order valence-electron chi connectivity index (χ4n) is 2.87. The Hall–Kier alpha value is -1.63. The molecular formula is C14H22N4O2S. The number of amidine groups is 1. The number of aromatic nitrogens is 1. The second-order valence-electron chi connectivity index (χ2n) is 5.62. The molecule has 1 aromatic rings.